The average Bonchev–Trinajstić information content (AvgIpc) is 2.88. The van der Waals surface area contributed by atoms with E-state index in [0.717, 1.165) is 0 Å². The van der Waals surface area contributed by atoms with Crippen molar-refractivity contribution in [3.05, 3.63) is 113 Å². The Balaban J connectivity index is 0.000000236. The van der Waals surface area contributed by atoms with Crippen LogP contribution in [0, 0.1) is 20.8 Å². The van der Waals surface area contributed by atoms with Gasteiger partial charge in [-0.2, -0.15) is 0 Å². The molecule has 1 N–H and O–H groups in total. The third-order valence-electron chi connectivity index (χ3n) is 7.64. The van der Waals surface area contributed by atoms with Gasteiger partial charge in [0, 0.05) is 11.1 Å². The molecule has 4 rings (SSSR count). The van der Waals surface area contributed by atoms with E-state index in [1.165, 1.54) is 44.7 Å². The van der Waals surface area contributed by atoms with Gasteiger partial charge in [-0.25, -0.2) is 8.42 Å². The number of hydrogen-bond donors (Lipinski definition) is 1. The molecular formula is C36H45O4PS. The molecule has 0 fully saturated rings. The normalized spacial score (nSPS) is 12.5. The summed E-state index contributed by atoms with van der Waals surface area (Å²) in [5.74, 6) is 0.0624. The lowest BCUT2D eigenvalue weighted by Gasteiger charge is -2.28. The SMILES string of the molecule is CC(C)(C)c1cc(S(=O)(=O)[O-])cc(C(C)(C)C)c1O.Cc1ccc([P+](C)(c2ccc(C)cc2)c2ccc(C)cc2)cc1. The third-order valence-corrected chi connectivity index (χ3v) is 12.4. The van der Waals surface area contributed by atoms with Crippen LogP contribution in [0.5, 0.6) is 5.75 Å². The summed E-state index contributed by atoms with van der Waals surface area (Å²) in [4.78, 5) is -0.292. The molecule has 0 atom stereocenters. The number of phenolic OH excluding ortho intramolecular Hbond substituents is 1. The molecule has 4 aromatic rings. The van der Waals surface area contributed by atoms with Crippen LogP contribution in [0.25, 0.3) is 0 Å². The topological polar surface area (TPSA) is 77.4 Å². The van der Waals surface area contributed by atoms with Gasteiger partial charge >= 0.3 is 0 Å². The molecule has 4 aromatic carbocycles. The summed E-state index contributed by atoms with van der Waals surface area (Å²) in [6.07, 6.45) is 0. The molecule has 6 heteroatoms. The average molecular weight is 605 g/mol. The predicted molar refractivity (Wildman–Crippen MR) is 179 cm³/mol. The van der Waals surface area contributed by atoms with Gasteiger partial charge in [0.2, 0.25) is 0 Å². The Labute approximate surface area is 253 Å². The van der Waals surface area contributed by atoms with Gasteiger partial charge in [-0.15, -0.1) is 0 Å². The fourth-order valence-electron chi connectivity index (χ4n) is 4.87. The minimum absolute atomic E-state index is 0.0624. The Morgan fingerprint density at radius 1 is 0.595 bits per heavy atom. The van der Waals surface area contributed by atoms with Crippen molar-refractivity contribution in [2.75, 3.05) is 6.66 Å². The summed E-state index contributed by atoms with van der Waals surface area (Å²) >= 11 is 0. The van der Waals surface area contributed by atoms with Gasteiger partial charge in [0.05, 0.1) is 11.6 Å². The maximum Gasteiger partial charge on any atom is 0.124 e. The number of aryl methyl sites for hydroxylation is 3. The minimum atomic E-state index is -4.55. The first kappa shape index (κ1) is 33.5. The van der Waals surface area contributed by atoms with Gasteiger partial charge in [0.1, 0.15) is 39.0 Å². The van der Waals surface area contributed by atoms with Crippen molar-refractivity contribution in [1.82, 2.24) is 0 Å². The molecule has 0 bridgehead atoms. The largest absolute Gasteiger partial charge is 0.744 e. The molecule has 224 valence electrons. The first-order chi connectivity index (χ1) is 19.2. The Bertz CT molecular complexity index is 1480. The number of benzene rings is 4. The molecule has 0 amide bonds. The summed E-state index contributed by atoms with van der Waals surface area (Å²) in [5, 5.41) is 14.7. The molecule has 0 radical (unpaired) electrons. The first-order valence-electron chi connectivity index (χ1n) is 14.2. The number of rotatable bonds is 4. The van der Waals surface area contributed by atoms with Crippen LogP contribution in [0.2, 0.25) is 0 Å². The van der Waals surface area contributed by atoms with Crippen molar-refractivity contribution >= 4 is 33.3 Å². The standard InChI is InChI=1S/C22H24P.C14H22O4S/c1-17-5-11-20(12-6-17)23(4,21-13-7-18(2)8-14-21)22-15-9-19(3)10-16-22;1-13(2,3)10-7-9(19(16,17)18)8-11(12(10)15)14(4,5)6/h5-16H,1-4H3;7-8,15H,1-6H3,(H,16,17,18)/q+1;/p-1. The Hall–Kier alpha value is -2.98. The molecule has 4 nitrogen and oxygen atoms in total. The van der Waals surface area contributed by atoms with Gasteiger partial charge < -0.3 is 9.66 Å². The molecule has 0 aliphatic carbocycles. The van der Waals surface area contributed by atoms with Gasteiger partial charge in [0.25, 0.3) is 0 Å². The fraction of sp³-hybridized carbons (Fsp3) is 0.333. The lowest BCUT2D eigenvalue weighted by molar-refractivity contribution is 0.420. The molecule has 0 heterocycles. The summed E-state index contributed by atoms with van der Waals surface area (Å²) in [6.45, 7) is 20.0. The van der Waals surface area contributed by atoms with Crippen LogP contribution >= 0.6 is 7.26 Å². The van der Waals surface area contributed by atoms with Gasteiger partial charge in [-0.1, -0.05) is 94.6 Å². The van der Waals surface area contributed by atoms with Crippen LogP contribution in [0.15, 0.2) is 89.8 Å². The zero-order valence-electron chi connectivity index (χ0n) is 26.6. The lowest BCUT2D eigenvalue weighted by Crippen LogP contribution is -2.30. The minimum Gasteiger partial charge on any atom is -0.744 e. The predicted octanol–water partition coefficient (Wildman–Crippen LogP) is 7.43. The van der Waals surface area contributed by atoms with Crippen LogP contribution in [-0.4, -0.2) is 24.7 Å². The van der Waals surface area contributed by atoms with Crippen LogP contribution < -0.4 is 15.9 Å². The molecule has 0 aromatic heterocycles. The quantitative estimate of drug-likeness (QED) is 0.194. The summed E-state index contributed by atoms with van der Waals surface area (Å²) < 4.78 is 33.8. The van der Waals surface area contributed by atoms with Crippen molar-refractivity contribution in [1.29, 1.82) is 0 Å². The van der Waals surface area contributed by atoms with E-state index in [-0.39, 0.29) is 10.6 Å². The number of aromatic hydroxyl groups is 1. The number of hydrogen-bond acceptors (Lipinski definition) is 4. The summed E-state index contributed by atoms with van der Waals surface area (Å²) in [6, 6.07) is 29.8. The molecular weight excluding hydrogens is 559 g/mol. The second-order valence-electron chi connectivity index (χ2n) is 13.3. The van der Waals surface area contributed by atoms with Crippen molar-refractivity contribution in [2.45, 2.75) is 78.0 Å². The highest BCUT2D eigenvalue weighted by Gasteiger charge is 2.40. The maximum atomic E-state index is 11.3. The van der Waals surface area contributed by atoms with E-state index in [1.54, 1.807) is 0 Å². The van der Waals surface area contributed by atoms with E-state index in [0.29, 0.717) is 11.1 Å². The van der Waals surface area contributed by atoms with E-state index in [2.05, 4.69) is 100 Å². The second-order valence-corrected chi connectivity index (χ2v) is 18.3. The number of phenols is 1. The molecule has 0 unspecified atom stereocenters. The zero-order chi connectivity index (χ0) is 31.7. The Morgan fingerprint density at radius 3 is 1.07 bits per heavy atom. The lowest BCUT2D eigenvalue weighted by atomic mass is 9.79. The van der Waals surface area contributed by atoms with E-state index < -0.39 is 28.2 Å². The van der Waals surface area contributed by atoms with E-state index >= 15 is 0 Å². The van der Waals surface area contributed by atoms with Crippen LogP contribution in [0.4, 0.5) is 0 Å². The molecule has 42 heavy (non-hydrogen) atoms. The van der Waals surface area contributed by atoms with E-state index in [4.69, 9.17) is 0 Å². The third kappa shape index (κ3) is 7.69. The monoisotopic (exact) mass is 604 g/mol. The smallest absolute Gasteiger partial charge is 0.124 e. The van der Waals surface area contributed by atoms with Crippen LogP contribution in [0.1, 0.15) is 69.4 Å². The van der Waals surface area contributed by atoms with Crippen molar-refractivity contribution < 1.29 is 18.1 Å². The van der Waals surface area contributed by atoms with Gasteiger partial charge in [0.15, 0.2) is 0 Å². The highest BCUT2D eigenvalue weighted by Crippen LogP contribution is 2.51. The summed E-state index contributed by atoms with van der Waals surface area (Å²) in [5.41, 5.74) is 3.97. The van der Waals surface area contributed by atoms with Crippen molar-refractivity contribution in [3.63, 3.8) is 0 Å². The zero-order valence-corrected chi connectivity index (χ0v) is 28.3. The maximum absolute atomic E-state index is 11.3. The molecule has 0 saturated carbocycles. The van der Waals surface area contributed by atoms with Crippen molar-refractivity contribution in [2.24, 2.45) is 0 Å². The van der Waals surface area contributed by atoms with Gasteiger partial charge in [-0.05, 0) is 80.1 Å². The van der Waals surface area contributed by atoms with Crippen LogP contribution in [-0.2, 0) is 20.9 Å². The molecule has 0 aliphatic heterocycles. The molecule has 0 saturated heterocycles. The summed E-state index contributed by atoms with van der Waals surface area (Å²) in [7, 11) is -6.13. The molecule has 0 aliphatic rings. The van der Waals surface area contributed by atoms with E-state index in [1.807, 2.05) is 41.5 Å². The second kappa shape index (κ2) is 12.3. The Morgan fingerprint density at radius 2 is 0.857 bits per heavy atom. The Kier molecular flexibility index (Phi) is 9.84. The fourth-order valence-corrected chi connectivity index (χ4v) is 8.53. The highest BCUT2D eigenvalue weighted by atomic mass is 32.2. The van der Waals surface area contributed by atoms with E-state index in [9.17, 15) is 18.1 Å². The van der Waals surface area contributed by atoms with Gasteiger partial charge in [-0.3, -0.25) is 0 Å². The first-order valence-corrected chi connectivity index (χ1v) is 17.8. The molecule has 0 spiro atoms. The van der Waals surface area contributed by atoms with Crippen LogP contribution in [0.3, 0.4) is 0 Å². The highest BCUT2D eigenvalue weighted by molar-refractivity contribution is 7.95. The van der Waals surface area contributed by atoms with Crippen molar-refractivity contribution in [3.8, 4) is 5.75 Å².